The van der Waals surface area contributed by atoms with Crippen molar-refractivity contribution in [1.82, 2.24) is 9.97 Å². The number of nitrogens with two attached hydrogens (primary N) is 1. The van der Waals surface area contributed by atoms with Crippen molar-refractivity contribution in [2.75, 3.05) is 0 Å². The highest BCUT2D eigenvalue weighted by atomic mass is 32.2. The van der Waals surface area contributed by atoms with Crippen LogP contribution in [0, 0.1) is 5.82 Å². The number of hydrogen-bond donors (Lipinski definition) is 1. The van der Waals surface area contributed by atoms with Crippen LogP contribution in [-0.4, -0.2) is 9.97 Å². The van der Waals surface area contributed by atoms with Crippen LogP contribution in [0.1, 0.15) is 18.5 Å². The number of benzene rings is 1. The molecule has 2 aromatic rings. The van der Waals surface area contributed by atoms with E-state index in [-0.39, 0.29) is 11.9 Å². The highest BCUT2D eigenvalue weighted by Gasteiger charge is 2.13. The largest absolute Gasteiger partial charge is 0.324 e. The third-order valence-corrected chi connectivity index (χ3v) is 3.25. The van der Waals surface area contributed by atoms with Crippen LogP contribution >= 0.6 is 11.8 Å². The lowest BCUT2D eigenvalue weighted by atomic mass is 10.1. The second-order valence-corrected chi connectivity index (χ2v) is 4.56. The lowest BCUT2D eigenvalue weighted by molar-refractivity contribution is 0.591. The molecule has 0 bridgehead atoms. The third kappa shape index (κ3) is 2.81. The average molecular weight is 249 g/mol. The summed E-state index contributed by atoms with van der Waals surface area (Å²) in [7, 11) is 0. The third-order valence-electron chi connectivity index (χ3n) is 2.22. The van der Waals surface area contributed by atoms with Gasteiger partial charge in [0, 0.05) is 18.4 Å². The Morgan fingerprint density at radius 3 is 2.59 bits per heavy atom. The topological polar surface area (TPSA) is 51.8 Å². The van der Waals surface area contributed by atoms with E-state index in [1.165, 1.54) is 17.8 Å². The first-order valence-electron chi connectivity index (χ1n) is 5.17. The minimum absolute atomic E-state index is 0.225. The van der Waals surface area contributed by atoms with Gasteiger partial charge in [0.15, 0.2) is 5.16 Å². The Kier molecular flexibility index (Phi) is 3.71. The van der Waals surface area contributed by atoms with Crippen molar-refractivity contribution in [3.05, 3.63) is 48.0 Å². The zero-order chi connectivity index (χ0) is 12.3. The van der Waals surface area contributed by atoms with Crippen LogP contribution in [0.4, 0.5) is 4.39 Å². The first-order valence-corrected chi connectivity index (χ1v) is 5.99. The Hall–Kier alpha value is -1.46. The summed E-state index contributed by atoms with van der Waals surface area (Å²) in [5, 5.41) is 0.513. The molecule has 2 rings (SSSR count). The molecular formula is C12H12FN3S. The quantitative estimate of drug-likeness (QED) is 0.850. The Morgan fingerprint density at radius 2 is 1.94 bits per heavy atom. The predicted octanol–water partition coefficient (Wildman–Crippen LogP) is 2.79. The van der Waals surface area contributed by atoms with Gasteiger partial charge in [0.2, 0.25) is 0 Å². The molecule has 3 nitrogen and oxygen atoms in total. The van der Waals surface area contributed by atoms with Gasteiger partial charge in [-0.3, -0.25) is 0 Å². The Morgan fingerprint density at radius 1 is 1.24 bits per heavy atom. The molecule has 0 fully saturated rings. The van der Waals surface area contributed by atoms with Gasteiger partial charge in [0.1, 0.15) is 5.82 Å². The molecule has 2 N–H and O–H groups in total. The van der Waals surface area contributed by atoms with Crippen LogP contribution in [0.15, 0.2) is 46.7 Å². The van der Waals surface area contributed by atoms with Crippen molar-refractivity contribution in [2.45, 2.75) is 23.0 Å². The molecule has 1 atom stereocenters. The van der Waals surface area contributed by atoms with E-state index in [0.717, 1.165) is 5.56 Å². The van der Waals surface area contributed by atoms with E-state index in [0.29, 0.717) is 10.1 Å². The SMILES string of the molecule is C[C@@H](N)c1cccc(F)c1Sc1ncccn1. The van der Waals surface area contributed by atoms with Crippen molar-refractivity contribution in [1.29, 1.82) is 0 Å². The molecule has 0 saturated carbocycles. The molecule has 17 heavy (non-hydrogen) atoms. The lowest BCUT2D eigenvalue weighted by Crippen LogP contribution is -2.07. The molecule has 0 aliphatic heterocycles. The monoisotopic (exact) mass is 249 g/mol. The van der Waals surface area contributed by atoms with E-state index in [2.05, 4.69) is 9.97 Å². The smallest absolute Gasteiger partial charge is 0.192 e. The fraction of sp³-hybridized carbons (Fsp3) is 0.167. The molecule has 1 aromatic carbocycles. The van der Waals surface area contributed by atoms with Crippen LogP contribution in [0.3, 0.4) is 0 Å². The molecule has 1 aromatic heterocycles. The molecule has 0 amide bonds. The predicted molar refractivity (Wildman–Crippen MR) is 65.2 cm³/mol. The Bertz CT molecular complexity index is 502. The zero-order valence-electron chi connectivity index (χ0n) is 9.30. The van der Waals surface area contributed by atoms with Gasteiger partial charge in [0.25, 0.3) is 0 Å². The maximum Gasteiger partial charge on any atom is 0.192 e. The molecule has 0 spiro atoms. The first kappa shape index (κ1) is 12.0. The van der Waals surface area contributed by atoms with Gasteiger partial charge in [-0.15, -0.1) is 0 Å². The summed E-state index contributed by atoms with van der Waals surface area (Å²) in [4.78, 5) is 8.61. The minimum atomic E-state index is -0.294. The minimum Gasteiger partial charge on any atom is -0.324 e. The number of aromatic nitrogens is 2. The zero-order valence-corrected chi connectivity index (χ0v) is 10.1. The normalized spacial score (nSPS) is 12.4. The number of hydrogen-bond acceptors (Lipinski definition) is 4. The molecule has 0 radical (unpaired) electrons. The molecule has 0 unspecified atom stereocenters. The Labute approximate surface area is 103 Å². The molecule has 0 saturated heterocycles. The number of halogens is 1. The summed E-state index contributed by atoms with van der Waals surface area (Å²) in [6, 6.07) is 6.38. The molecular weight excluding hydrogens is 237 g/mol. The Balaban J connectivity index is 2.38. The van der Waals surface area contributed by atoms with E-state index in [1.54, 1.807) is 24.5 Å². The maximum absolute atomic E-state index is 13.8. The molecule has 5 heteroatoms. The van der Waals surface area contributed by atoms with Crippen LogP contribution in [-0.2, 0) is 0 Å². The highest BCUT2D eigenvalue weighted by molar-refractivity contribution is 7.99. The molecule has 0 aliphatic carbocycles. The lowest BCUT2D eigenvalue weighted by Gasteiger charge is -2.12. The fourth-order valence-corrected chi connectivity index (χ4v) is 2.37. The number of nitrogens with zero attached hydrogens (tertiary/aromatic N) is 2. The van der Waals surface area contributed by atoms with Gasteiger partial charge in [-0.1, -0.05) is 12.1 Å². The van der Waals surface area contributed by atoms with E-state index in [1.807, 2.05) is 13.0 Å². The summed E-state index contributed by atoms with van der Waals surface area (Å²) >= 11 is 1.19. The van der Waals surface area contributed by atoms with E-state index in [4.69, 9.17) is 5.73 Å². The summed E-state index contributed by atoms with van der Waals surface area (Å²) in [5.74, 6) is -0.294. The van der Waals surface area contributed by atoms with Crippen LogP contribution < -0.4 is 5.73 Å². The highest BCUT2D eigenvalue weighted by Crippen LogP contribution is 2.32. The van der Waals surface area contributed by atoms with Gasteiger partial charge in [-0.25, -0.2) is 14.4 Å². The standard InChI is InChI=1S/C12H12FN3S/c1-8(14)9-4-2-5-10(13)11(9)17-12-15-6-3-7-16-12/h2-8H,14H2,1H3/t8-/m1/s1. The van der Waals surface area contributed by atoms with E-state index >= 15 is 0 Å². The second kappa shape index (κ2) is 5.25. The summed E-state index contributed by atoms with van der Waals surface area (Å²) in [5.41, 5.74) is 6.58. The van der Waals surface area contributed by atoms with Crippen LogP contribution in [0.5, 0.6) is 0 Å². The van der Waals surface area contributed by atoms with Gasteiger partial charge < -0.3 is 5.73 Å². The van der Waals surface area contributed by atoms with Gasteiger partial charge in [-0.2, -0.15) is 0 Å². The first-order chi connectivity index (χ1) is 8.18. The summed E-state index contributed by atoms with van der Waals surface area (Å²) in [6.07, 6.45) is 3.25. The van der Waals surface area contributed by atoms with Gasteiger partial charge in [-0.05, 0) is 36.4 Å². The van der Waals surface area contributed by atoms with Crippen molar-refractivity contribution < 1.29 is 4.39 Å². The molecule has 1 heterocycles. The van der Waals surface area contributed by atoms with Crippen molar-refractivity contribution in [2.24, 2.45) is 5.73 Å². The fourth-order valence-electron chi connectivity index (χ4n) is 1.42. The average Bonchev–Trinajstić information content (AvgIpc) is 2.33. The molecule has 0 aliphatic rings. The van der Waals surface area contributed by atoms with Crippen molar-refractivity contribution in [3.63, 3.8) is 0 Å². The van der Waals surface area contributed by atoms with E-state index in [9.17, 15) is 4.39 Å². The van der Waals surface area contributed by atoms with E-state index < -0.39 is 0 Å². The van der Waals surface area contributed by atoms with Crippen LogP contribution in [0.2, 0.25) is 0 Å². The maximum atomic E-state index is 13.8. The summed E-state index contributed by atoms with van der Waals surface area (Å²) < 4.78 is 13.8. The van der Waals surface area contributed by atoms with Crippen molar-refractivity contribution in [3.8, 4) is 0 Å². The number of rotatable bonds is 3. The van der Waals surface area contributed by atoms with Crippen LogP contribution in [0.25, 0.3) is 0 Å². The van der Waals surface area contributed by atoms with Gasteiger partial charge >= 0.3 is 0 Å². The van der Waals surface area contributed by atoms with Gasteiger partial charge in [0.05, 0.1) is 4.90 Å². The van der Waals surface area contributed by atoms with Crippen molar-refractivity contribution >= 4 is 11.8 Å². The summed E-state index contributed by atoms with van der Waals surface area (Å²) in [6.45, 7) is 1.82. The second-order valence-electron chi connectivity index (χ2n) is 3.58. The molecule has 88 valence electrons.